The van der Waals surface area contributed by atoms with Gasteiger partial charge in [-0.2, -0.15) is 13.2 Å². The Kier molecular flexibility index (Phi) is 2.52. The van der Waals surface area contributed by atoms with E-state index in [1.54, 1.807) is 6.92 Å². The minimum absolute atomic E-state index is 0.0729. The predicted octanol–water partition coefficient (Wildman–Crippen LogP) is 5.40. The van der Waals surface area contributed by atoms with Gasteiger partial charge in [-0.15, -0.1) is 0 Å². The first-order chi connectivity index (χ1) is 8.38. The van der Waals surface area contributed by atoms with E-state index >= 15 is 0 Å². The van der Waals surface area contributed by atoms with Crippen molar-refractivity contribution in [3.05, 3.63) is 33.5 Å². The highest BCUT2D eigenvalue weighted by molar-refractivity contribution is 9.10. The van der Waals surface area contributed by atoms with Gasteiger partial charge in [0.1, 0.15) is 11.3 Å². The van der Waals surface area contributed by atoms with Crippen LogP contribution in [0.2, 0.25) is 0 Å². The van der Waals surface area contributed by atoms with E-state index in [1.807, 2.05) is 6.07 Å². The fraction of sp³-hybridized carbons (Fsp3) is 0.385. The minimum atomic E-state index is -4.38. The molecule has 0 aliphatic heterocycles. The van der Waals surface area contributed by atoms with E-state index in [2.05, 4.69) is 15.9 Å². The lowest BCUT2D eigenvalue weighted by Crippen LogP contribution is -2.06. The number of aryl methyl sites for hydroxylation is 1. The van der Waals surface area contributed by atoms with Gasteiger partial charge < -0.3 is 4.42 Å². The summed E-state index contributed by atoms with van der Waals surface area (Å²) in [5, 5.41) is 0.518. The summed E-state index contributed by atoms with van der Waals surface area (Å²) >= 11 is 3.29. The smallest absolute Gasteiger partial charge is 0.420 e. The number of furan rings is 1. The standard InChI is InChI=1S/C13H10BrF3O/c1-6-11(14)9-4-8(7-2-3-7)5-10(12(9)18-6)13(15,16)17/h4-5,7H,2-3H2,1H3. The molecule has 0 unspecified atom stereocenters. The molecule has 0 bridgehead atoms. The number of hydrogen-bond donors (Lipinski definition) is 0. The summed E-state index contributed by atoms with van der Waals surface area (Å²) in [6.45, 7) is 1.65. The van der Waals surface area contributed by atoms with Crippen molar-refractivity contribution in [3.63, 3.8) is 0 Å². The molecule has 0 amide bonds. The first-order valence-corrected chi connectivity index (χ1v) is 6.47. The molecule has 1 aliphatic carbocycles. The second-order valence-electron chi connectivity index (χ2n) is 4.69. The maximum atomic E-state index is 13.0. The zero-order valence-electron chi connectivity index (χ0n) is 9.57. The average Bonchev–Trinajstić information content (AvgIpc) is 3.06. The summed E-state index contributed by atoms with van der Waals surface area (Å²) in [5.41, 5.74) is 0.0169. The number of fused-ring (bicyclic) bond motifs is 1. The third-order valence-corrected chi connectivity index (χ3v) is 4.25. The van der Waals surface area contributed by atoms with Crippen molar-refractivity contribution >= 4 is 26.9 Å². The highest BCUT2D eigenvalue weighted by Crippen LogP contribution is 2.46. The number of benzene rings is 1. The largest absolute Gasteiger partial charge is 0.460 e. The van der Waals surface area contributed by atoms with E-state index in [0.29, 0.717) is 15.6 Å². The molecule has 0 atom stereocenters. The Morgan fingerprint density at radius 1 is 1.28 bits per heavy atom. The number of alkyl halides is 3. The zero-order chi connectivity index (χ0) is 13.1. The second-order valence-corrected chi connectivity index (χ2v) is 5.48. The molecule has 5 heteroatoms. The molecule has 96 valence electrons. The SMILES string of the molecule is Cc1oc2c(C(F)(F)F)cc(C3CC3)cc2c1Br. The van der Waals surface area contributed by atoms with Crippen LogP contribution in [0.1, 0.15) is 35.6 Å². The first kappa shape index (κ1) is 12.1. The van der Waals surface area contributed by atoms with Crippen molar-refractivity contribution in [2.24, 2.45) is 0 Å². The van der Waals surface area contributed by atoms with Gasteiger partial charge in [0, 0.05) is 5.39 Å². The molecule has 2 aromatic rings. The van der Waals surface area contributed by atoms with Gasteiger partial charge in [-0.1, -0.05) is 0 Å². The lowest BCUT2D eigenvalue weighted by atomic mass is 10.0. The maximum Gasteiger partial charge on any atom is 0.420 e. The monoisotopic (exact) mass is 318 g/mol. The fourth-order valence-electron chi connectivity index (χ4n) is 2.17. The van der Waals surface area contributed by atoms with E-state index in [-0.39, 0.29) is 11.5 Å². The molecule has 1 heterocycles. The van der Waals surface area contributed by atoms with E-state index in [0.717, 1.165) is 18.4 Å². The van der Waals surface area contributed by atoms with Crippen LogP contribution < -0.4 is 0 Å². The highest BCUT2D eigenvalue weighted by Gasteiger charge is 2.37. The third-order valence-electron chi connectivity index (χ3n) is 3.27. The van der Waals surface area contributed by atoms with Crippen molar-refractivity contribution in [1.29, 1.82) is 0 Å². The Bertz CT molecular complexity index is 623. The summed E-state index contributed by atoms with van der Waals surface area (Å²) in [7, 11) is 0. The van der Waals surface area contributed by atoms with Crippen molar-refractivity contribution in [1.82, 2.24) is 0 Å². The molecule has 0 N–H and O–H groups in total. The first-order valence-electron chi connectivity index (χ1n) is 5.67. The van der Waals surface area contributed by atoms with E-state index in [1.165, 1.54) is 6.07 Å². The van der Waals surface area contributed by atoms with Crippen LogP contribution in [0.5, 0.6) is 0 Å². The molecule has 18 heavy (non-hydrogen) atoms. The third kappa shape index (κ3) is 1.85. The molecule has 1 nitrogen and oxygen atoms in total. The van der Waals surface area contributed by atoms with E-state index < -0.39 is 11.7 Å². The van der Waals surface area contributed by atoms with Crippen molar-refractivity contribution < 1.29 is 17.6 Å². The fourth-order valence-corrected chi connectivity index (χ4v) is 2.55. The molecule has 0 saturated heterocycles. The number of rotatable bonds is 1. The topological polar surface area (TPSA) is 13.1 Å². The average molecular weight is 319 g/mol. The van der Waals surface area contributed by atoms with Crippen LogP contribution in [0, 0.1) is 6.92 Å². The van der Waals surface area contributed by atoms with Gasteiger partial charge in [0.05, 0.1) is 10.0 Å². The van der Waals surface area contributed by atoms with Gasteiger partial charge in [0.15, 0.2) is 0 Å². The molecular formula is C13H10BrF3O. The zero-order valence-corrected chi connectivity index (χ0v) is 11.2. The van der Waals surface area contributed by atoms with Gasteiger partial charge in [0.2, 0.25) is 0 Å². The summed E-state index contributed by atoms with van der Waals surface area (Å²) in [6.07, 6.45) is -2.44. The van der Waals surface area contributed by atoms with Gasteiger partial charge in [-0.25, -0.2) is 0 Å². The van der Waals surface area contributed by atoms with Crippen LogP contribution in [-0.2, 0) is 6.18 Å². The molecule has 3 rings (SSSR count). The Hall–Kier alpha value is -0.970. The highest BCUT2D eigenvalue weighted by atomic mass is 79.9. The van der Waals surface area contributed by atoms with Crippen LogP contribution in [0.15, 0.2) is 21.0 Å². The van der Waals surface area contributed by atoms with Gasteiger partial charge >= 0.3 is 6.18 Å². The van der Waals surface area contributed by atoms with Crippen LogP contribution in [0.3, 0.4) is 0 Å². The number of hydrogen-bond acceptors (Lipinski definition) is 1. The Morgan fingerprint density at radius 3 is 2.50 bits per heavy atom. The molecule has 1 fully saturated rings. The number of halogens is 4. The summed E-state index contributed by atoms with van der Waals surface area (Å²) in [4.78, 5) is 0. The normalized spacial score (nSPS) is 16.5. The Morgan fingerprint density at radius 2 is 1.94 bits per heavy atom. The molecule has 1 saturated carbocycles. The van der Waals surface area contributed by atoms with Gasteiger partial charge in [-0.05, 0) is 59.3 Å². The van der Waals surface area contributed by atoms with E-state index in [4.69, 9.17) is 4.42 Å². The maximum absolute atomic E-state index is 13.0. The van der Waals surface area contributed by atoms with Crippen LogP contribution in [-0.4, -0.2) is 0 Å². The summed E-state index contributed by atoms with van der Waals surface area (Å²) in [6, 6.07) is 3.04. The van der Waals surface area contributed by atoms with Crippen molar-refractivity contribution in [2.75, 3.05) is 0 Å². The quantitative estimate of drug-likeness (QED) is 0.686. The molecule has 1 aliphatic rings. The van der Waals surface area contributed by atoms with Crippen LogP contribution >= 0.6 is 15.9 Å². The molecule has 1 aromatic heterocycles. The van der Waals surface area contributed by atoms with Gasteiger partial charge in [0.25, 0.3) is 0 Å². The minimum Gasteiger partial charge on any atom is -0.460 e. The Labute approximate surface area is 110 Å². The summed E-state index contributed by atoms with van der Waals surface area (Å²) < 4.78 is 45.0. The van der Waals surface area contributed by atoms with Crippen molar-refractivity contribution in [3.8, 4) is 0 Å². The van der Waals surface area contributed by atoms with Crippen LogP contribution in [0.25, 0.3) is 11.0 Å². The van der Waals surface area contributed by atoms with Crippen LogP contribution in [0.4, 0.5) is 13.2 Å². The second kappa shape index (κ2) is 3.76. The Balaban J connectivity index is 2.34. The van der Waals surface area contributed by atoms with E-state index in [9.17, 15) is 13.2 Å². The molecule has 1 aromatic carbocycles. The van der Waals surface area contributed by atoms with Crippen molar-refractivity contribution in [2.45, 2.75) is 31.9 Å². The lowest BCUT2D eigenvalue weighted by molar-refractivity contribution is -0.136. The van der Waals surface area contributed by atoms with Gasteiger partial charge in [-0.3, -0.25) is 0 Å². The summed E-state index contributed by atoms with van der Waals surface area (Å²) in [5.74, 6) is 0.751. The molecule has 0 radical (unpaired) electrons. The lowest BCUT2D eigenvalue weighted by Gasteiger charge is -2.09. The predicted molar refractivity (Wildman–Crippen MR) is 65.6 cm³/mol. The molecular weight excluding hydrogens is 309 g/mol. The molecule has 0 spiro atoms.